The molecule has 1 unspecified atom stereocenters. The molecule has 1 atom stereocenters. The highest BCUT2D eigenvalue weighted by Crippen LogP contribution is 2.30. The lowest BCUT2D eigenvalue weighted by Crippen LogP contribution is -2.52. The molecule has 2 fully saturated rings. The molecule has 0 spiro atoms. The molecular weight excluding hydrogens is 472 g/mol. The summed E-state index contributed by atoms with van der Waals surface area (Å²) in [6, 6.07) is 10.2. The molecule has 5 heterocycles. The van der Waals surface area contributed by atoms with Crippen molar-refractivity contribution in [2.75, 3.05) is 13.1 Å². The first kappa shape index (κ1) is 22.9. The van der Waals surface area contributed by atoms with Crippen molar-refractivity contribution in [3.05, 3.63) is 65.1 Å². The SMILES string of the molecule is O=C1CCC(N2Cc3c(C#CC4CCN(C(=O)c5cccc6ncnn56)CC4)cccc3C2=O)C(=O)N1. The maximum Gasteiger partial charge on any atom is 0.272 e. The minimum atomic E-state index is -0.649. The molecule has 0 radical (unpaired) electrons. The van der Waals surface area contributed by atoms with Crippen molar-refractivity contribution in [1.29, 1.82) is 0 Å². The number of carbonyl (C=O) groups excluding carboxylic acids is 4. The molecule has 3 aromatic rings. The highest BCUT2D eigenvalue weighted by Gasteiger charge is 2.39. The number of likely N-dealkylation sites (tertiary alicyclic amines) is 1. The van der Waals surface area contributed by atoms with Gasteiger partial charge in [0.2, 0.25) is 11.8 Å². The summed E-state index contributed by atoms with van der Waals surface area (Å²) in [6.07, 6.45) is 3.49. The van der Waals surface area contributed by atoms with Gasteiger partial charge in [0.15, 0.2) is 5.65 Å². The molecule has 1 aromatic carbocycles. The second-order valence-corrected chi connectivity index (χ2v) is 9.51. The summed E-state index contributed by atoms with van der Waals surface area (Å²) in [5.74, 6) is 5.73. The third-order valence-corrected chi connectivity index (χ3v) is 7.30. The van der Waals surface area contributed by atoms with Gasteiger partial charge in [-0.2, -0.15) is 5.10 Å². The monoisotopic (exact) mass is 496 g/mol. The van der Waals surface area contributed by atoms with Crippen molar-refractivity contribution in [1.82, 2.24) is 29.7 Å². The summed E-state index contributed by atoms with van der Waals surface area (Å²) >= 11 is 0. The van der Waals surface area contributed by atoms with Gasteiger partial charge in [-0.25, -0.2) is 9.50 Å². The molecule has 186 valence electrons. The molecule has 0 aliphatic carbocycles. The van der Waals surface area contributed by atoms with Crippen molar-refractivity contribution in [2.45, 2.75) is 38.3 Å². The van der Waals surface area contributed by atoms with Gasteiger partial charge in [0.1, 0.15) is 18.1 Å². The van der Waals surface area contributed by atoms with E-state index in [4.69, 9.17) is 0 Å². The predicted octanol–water partition coefficient (Wildman–Crippen LogP) is 1.39. The van der Waals surface area contributed by atoms with E-state index in [9.17, 15) is 19.2 Å². The van der Waals surface area contributed by atoms with Crippen LogP contribution < -0.4 is 5.32 Å². The summed E-state index contributed by atoms with van der Waals surface area (Å²) in [5.41, 5.74) is 3.27. The topological polar surface area (TPSA) is 117 Å². The largest absolute Gasteiger partial charge is 0.337 e. The molecule has 0 bridgehead atoms. The van der Waals surface area contributed by atoms with Gasteiger partial charge in [-0.3, -0.25) is 24.5 Å². The van der Waals surface area contributed by atoms with Gasteiger partial charge < -0.3 is 9.80 Å². The van der Waals surface area contributed by atoms with Crippen LogP contribution in [-0.4, -0.2) is 67.2 Å². The Morgan fingerprint density at radius 2 is 1.84 bits per heavy atom. The Bertz CT molecular complexity index is 1510. The van der Waals surface area contributed by atoms with Crippen LogP contribution in [0.5, 0.6) is 0 Å². The summed E-state index contributed by atoms with van der Waals surface area (Å²) in [6.45, 7) is 1.49. The smallest absolute Gasteiger partial charge is 0.272 e. The van der Waals surface area contributed by atoms with E-state index in [1.165, 1.54) is 11.2 Å². The van der Waals surface area contributed by atoms with E-state index in [1.54, 1.807) is 28.8 Å². The van der Waals surface area contributed by atoms with Crippen LogP contribution in [-0.2, 0) is 16.1 Å². The second-order valence-electron chi connectivity index (χ2n) is 9.51. The molecule has 10 nitrogen and oxygen atoms in total. The molecule has 3 aliphatic heterocycles. The average Bonchev–Trinajstić information content (AvgIpc) is 3.52. The van der Waals surface area contributed by atoms with Crippen LogP contribution in [0.15, 0.2) is 42.7 Å². The summed E-state index contributed by atoms with van der Waals surface area (Å²) in [7, 11) is 0. The lowest BCUT2D eigenvalue weighted by molar-refractivity contribution is -0.136. The number of nitrogens with zero attached hydrogens (tertiary/aromatic N) is 5. The number of hydrogen-bond acceptors (Lipinski definition) is 6. The predicted molar refractivity (Wildman–Crippen MR) is 131 cm³/mol. The molecule has 4 amide bonds. The van der Waals surface area contributed by atoms with Crippen LogP contribution >= 0.6 is 0 Å². The zero-order valence-corrected chi connectivity index (χ0v) is 20.0. The van der Waals surface area contributed by atoms with Gasteiger partial charge in [-0.1, -0.05) is 24.0 Å². The van der Waals surface area contributed by atoms with Gasteiger partial charge in [0.25, 0.3) is 11.8 Å². The Morgan fingerprint density at radius 1 is 1.03 bits per heavy atom. The molecule has 37 heavy (non-hydrogen) atoms. The molecule has 10 heteroatoms. The van der Waals surface area contributed by atoms with E-state index in [2.05, 4.69) is 27.2 Å². The van der Waals surface area contributed by atoms with Crippen LogP contribution in [0.1, 0.15) is 57.7 Å². The number of amides is 4. The number of aromatic nitrogens is 3. The zero-order valence-electron chi connectivity index (χ0n) is 20.0. The fourth-order valence-electron chi connectivity index (χ4n) is 5.28. The first-order chi connectivity index (χ1) is 18.0. The number of fused-ring (bicyclic) bond motifs is 2. The van der Waals surface area contributed by atoms with Gasteiger partial charge in [-0.05, 0) is 49.1 Å². The van der Waals surface area contributed by atoms with E-state index in [-0.39, 0.29) is 30.1 Å². The van der Waals surface area contributed by atoms with Crippen molar-refractivity contribution in [3.63, 3.8) is 0 Å². The summed E-state index contributed by atoms with van der Waals surface area (Å²) < 4.78 is 1.56. The zero-order chi connectivity index (χ0) is 25.5. The maximum absolute atomic E-state index is 13.1. The Morgan fingerprint density at radius 3 is 2.65 bits per heavy atom. The third kappa shape index (κ3) is 4.12. The number of pyridine rings is 1. The summed E-state index contributed by atoms with van der Waals surface area (Å²) in [4.78, 5) is 57.5. The van der Waals surface area contributed by atoms with E-state index >= 15 is 0 Å². The fraction of sp³-hybridized carbons (Fsp3) is 0.333. The van der Waals surface area contributed by atoms with Gasteiger partial charge in [0.05, 0.1) is 0 Å². The quantitative estimate of drug-likeness (QED) is 0.423. The highest BCUT2D eigenvalue weighted by molar-refractivity contribution is 6.05. The molecule has 1 N–H and O–H groups in total. The number of piperidine rings is 2. The molecule has 0 saturated carbocycles. The van der Waals surface area contributed by atoms with Crippen LogP contribution in [0.3, 0.4) is 0 Å². The molecule has 3 aliphatic rings. The van der Waals surface area contributed by atoms with Crippen LogP contribution in [0.4, 0.5) is 0 Å². The third-order valence-electron chi connectivity index (χ3n) is 7.30. The van der Waals surface area contributed by atoms with E-state index in [0.717, 1.165) is 24.0 Å². The average molecular weight is 497 g/mol. The normalized spacial score (nSPS) is 20.0. The molecule has 2 saturated heterocycles. The Kier molecular flexibility index (Phi) is 5.68. The van der Waals surface area contributed by atoms with Crippen LogP contribution in [0.2, 0.25) is 0 Å². The lowest BCUT2D eigenvalue weighted by atomic mass is 9.96. The van der Waals surface area contributed by atoms with Crippen molar-refractivity contribution in [2.24, 2.45) is 5.92 Å². The van der Waals surface area contributed by atoms with Gasteiger partial charge in [-0.15, -0.1) is 0 Å². The van der Waals surface area contributed by atoms with Crippen molar-refractivity contribution < 1.29 is 19.2 Å². The van der Waals surface area contributed by atoms with Crippen molar-refractivity contribution >= 4 is 29.3 Å². The fourth-order valence-corrected chi connectivity index (χ4v) is 5.28. The maximum atomic E-state index is 13.1. The highest BCUT2D eigenvalue weighted by atomic mass is 16.2. The van der Waals surface area contributed by atoms with Crippen molar-refractivity contribution in [3.8, 4) is 11.8 Å². The Hall–Kier alpha value is -4.52. The number of hydrogen-bond donors (Lipinski definition) is 1. The number of imide groups is 1. The number of rotatable bonds is 2. The van der Waals surface area contributed by atoms with Gasteiger partial charge in [0, 0.05) is 43.1 Å². The first-order valence-corrected chi connectivity index (χ1v) is 12.4. The van der Waals surface area contributed by atoms with E-state index in [1.807, 2.05) is 17.0 Å². The minimum Gasteiger partial charge on any atom is -0.337 e. The number of carbonyl (C=O) groups is 4. The molecule has 6 rings (SSSR count). The van der Waals surface area contributed by atoms with E-state index in [0.29, 0.717) is 43.0 Å². The molecular formula is C27H24N6O4. The Balaban J connectivity index is 1.13. The second kappa shape index (κ2) is 9.17. The Labute approximate surface area is 212 Å². The lowest BCUT2D eigenvalue weighted by Gasteiger charge is -2.30. The van der Waals surface area contributed by atoms with Crippen LogP contribution in [0, 0.1) is 17.8 Å². The number of nitrogens with one attached hydrogen (secondary N) is 1. The minimum absolute atomic E-state index is 0.0737. The summed E-state index contributed by atoms with van der Waals surface area (Å²) in [5, 5.41) is 6.49. The van der Waals surface area contributed by atoms with E-state index < -0.39 is 11.9 Å². The van der Waals surface area contributed by atoms with Gasteiger partial charge >= 0.3 is 0 Å². The first-order valence-electron chi connectivity index (χ1n) is 12.4. The standard InChI is InChI=1S/C27H24N6O4/c34-24-10-9-21(25(35)30-24)32-15-20-18(3-1-4-19(20)26(32)36)8-7-17-11-13-31(14-12-17)27(37)22-5-2-6-23-28-16-29-33(22)23/h1-6,16-17,21H,9-15H2,(H,30,34,35). The number of benzene rings is 1. The van der Waals surface area contributed by atoms with Crippen LogP contribution in [0.25, 0.3) is 5.65 Å². The molecule has 2 aromatic heterocycles.